The molecule has 1 aromatic carbocycles. The molecule has 0 bridgehead atoms. The van der Waals surface area contributed by atoms with Gasteiger partial charge >= 0.3 is 0 Å². The molecule has 0 fully saturated rings. The van der Waals surface area contributed by atoms with Crippen LogP contribution in [0, 0.1) is 0 Å². The number of unbranched alkanes of at least 4 members (excludes halogenated alkanes) is 1. The van der Waals surface area contributed by atoms with Crippen LogP contribution in [0.3, 0.4) is 0 Å². The standard InChI is InChI=1S/C17H28O3Si/c1-7-8-11-19-15-10-9-14(13-18)12-16(15)20-21(5,6)17(2,3)4/h9-10,12-13H,7-8,11H2,1-6H3. The molecule has 0 atom stereocenters. The van der Waals surface area contributed by atoms with E-state index < -0.39 is 8.32 Å². The molecule has 118 valence electrons. The Morgan fingerprint density at radius 2 is 1.86 bits per heavy atom. The lowest BCUT2D eigenvalue weighted by Gasteiger charge is -2.36. The third kappa shape index (κ3) is 4.88. The lowest BCUT2D eigenvalue weighted by Crippen LogP contribution is -2.44. The predicted octanol–water partition coefficient (Wildman–Crippen LogP) is 5.06. The summed E-state index contributed by atoms with van der Waals surface area (Å²) in [4.78, 5) is 11.0. The first-order valence-electron chi connectivity index (χ1n) is 7.62. The van der Waals surface area contributed by atoms with E-state index in [1.54, 1.807) is 12.1 Å². The molecular formula is C17H28O3Si. The Bertz CT molecular complexity index is 475. The van der Waals surface area contributed by atoms with Gasteiger partial charge in [-0.15, -0.1) is 0 Å². The summed E-state index contributed by atoms with van der Waals surface area (Å²) in [5, 5.41) is 0.102. The van der Waals surface area contributed by atoms with Crippen LogP contribution < -0.4 is 9.16 Å². The van der Waals surface area contributed by atoms with Crippen molar-refractivity contribution in [3.8, 4) is 11.5 Å². The van der Waals surface area contributed by atoms with Gasteiger partial charge in [0.1, 0.15) is 12.0 Å². The molecule has 0 aliphatic rings. The highest BCUT2D eigenvalue weighted by Crippen LogP contribution is 2.40. The van der Waals surface area contributed by atoms with E-state index in [2.05, 4.69) is 40.8 Å². The van der Waals surface area contributed by atoms with E-state index in [1.165, 1.54) is 0 Å². The Morgan fingerprint density at radius 3 is 2.38 bits per heavy atom. The summed E-state index contributed by atoms with van der Waals surface area (Å²) < 4.78 is 12.1. The first-order chi connectivity index (χ1) is 9.71. The average molecular weight is 308 g/mol. The van der Waals surface area contributed by atoms with Crippen LogP contribution in [-0.2, 0) is 0 Å². The van der Waals surface area contributed by atoms with E-state index in [9.17, 15) is 4.79 Å². The zero-order valence-corrected chi connectivity index (χ0v) is 15.2. The van der Waals surface area contributed by atoms with Crippen molar-refractivity contribution in [3.05, 3.63) is 23.8 Å². The molecule has 0 spiro atoms. The van der Waals surface area contributed by atoms with Crippen molar-refractivity contribution < 1.29 is 14.0 Å². The Balaban J connectivity index is 3.03. The molecule has 0 radical (unpaired) electrons. The first-order valence-corrected chi connectivity index (χ1v) is 10.5. The third-order valence-electron chi connectivity index (χ3n) is 4.03. The van der Waals surface area contributed by atoms with Crippen molar-refractivity contribution in [2.24, 2.45) is 0 Å². The fourth-order valence-corrected chi connectivity index (χ4v) is 2.57. The van der Waals surface area contributed by atoms with Crippen molar-refractivity contribution in [3.63, 3.8) is 0 Å². The van der Waals surface area contributed by atoms with Gasteiger partial charge in [-0.2, -0.15) is 0 Å². The van der Waals surface area contributed by atoms with Gasteiger partial charge in [-0.1, -0.05) is 34.1 Å². The van der Waals surface area contributed by atoms with Gasteiger partial charge in [0, 0.05) is 5.56 Å². The molecule has 0 saturated heterocycles. The van der Waals surface area contributed by atoms with Gasteiger partial charge in [-0.25, -0.2) is 0 Å². The average Bonchev–Trinajstić information content (AvgIpc) is 2.39. The summed E-state index contributed by atoms with van der Waals surface area (Å²) in [5.74, 6) is 1.43. The summed E-state index contributed by atoms with van der Waals surface area (Å²) in [7, 11) is -1.96. The van der Waals surface area contributed by atoms with Crippen LogP contribution >= 0.6 is 0 Å². The Morgan fingerprint density at radius 1 is 1.19 bits per heavy atom. The summed E-state index contributed by atoms with van der Waals surface area (Å²) in [6, 6.07) is 5.39. The van der Waals surface area contributed by atoms with Crippen molar-refractivity contribution in [2.45, 2.75) is 58.7 Å². The number of hydrogen-bond donors (Lipinski definition) is 0. The first kappa shape index (κ1) is 17.8. The van der Waals surface area contributed by atoms with Gasteiger partial charge in [0.05, 0.1) is 6.61 Å². The number of rotatable bonds is 7. The second-order valence-electron chi connectivity index (χ2n) is 6.89. The van der Waals surface area contributed by atoms with Crippen molar-refractivity contribution in [1.82, 2.24) is 0 Å². The number of carbonyl (C=O) groups is 1. The van der Waals surface area contributed by atoms with Crippen molar-refractivity contribution in [2.75, 3.05) is 6.61 Å². The van der Waals surface area contributed by atoms with E-state index in [0.717, 1.165) is 24.9 Å². The maximum Gasteiger partial charge on any atom is 0.250 e. The molecule has 0 amide bonds. The molecule has 1 rings (SSSR count). The molecule has 0 aliphatic heterocycles. The highest BCUT2D eigenvalue weighted by molar-refractivity contribution is 6.74. The summed E-state index contributed by atoms with van der Waals surface area (Å²) in [5.41, 5.74) is 0.617. The molecule has 0 unspecified atom stereocenters. The van der Waals surface area contributed by atoms with Crippen LogP contribution in [0.2, 0.25) is 18.1 Å². The van der Waals surface area contributed by atoms with Gasteiger partial charge in [0.2, 0.25) is 0 Å². The van der Waals surface area contributed by atoms with Gasteiger partial charge < -0.3 is 9.16 Å². The molecule has 0 heterocycles. The largest absolute Gasteiger partial charge is 0.541 e. The lowest BCUT2D eigenvalue weighted by molar-refractivity contribution is 0.112. The Hall–Kier alpha value is -1.29. The van der Waals surface area contributed by atoms with E-state index in [0.29, 0.717) is 17.9 Å². The second-order valence-corrected chi connectivity index (χ2v) is 11.6. The number of hydrogen-bond acceptors (Lipinski definition) is 3. The van der Waals surface area contributed by atoms with E-state index in [-0.39, 0.29) is 5.04 Å². The van der Waals surface area contributed by atoms with Crippen LogP contribution in [0.5, 0.6) is 11.5 Å². The summed E-state index contributed by atoms with van der Waals surface area (Å²) in [6.07, 6.45) is 2.94. The maximum atomic E-state index is 11.0. The number of aldehydes is 1. The lowest BCUT2D eigenvalue weighted by atomic mass is 10.2. The Labute approximate surface area is 129 Å². The molecular weight excluding hydrogens is 280 g/mol. The van der Waals surface area contributed by atoms with E-state index in [4.69, 9.17) is 9.16 Å². The van der Waals surface area contributed by atoms with Gasteiger partial charge in [0.25, 0.3) is 8.32 Å². The minimum absolute atomic E-state index is 0.102. The second kappa shape index (κ2) is 7.12. The van der Waals surface area contributed by atoms with Gasteiger partial charge in [0.15, 0.2) is 5.75 Å². The summed E-state index contributed by atoms with van der Waals surface area (Å²) >= 11 is 0. The molecule has 1 aromatic rings. The number of carbonyl (C=O) groups excluding carboxylic acids is 1. The monoisotopic (exact) mass is 308 g/mol. The van der Waals surface area contributed by atoms with Crippen LogP contribution in [0.1, 0.15) is 50.9 Å². The fourth-order valence-electron chi connectivity index (χ4n) is 1.55. The zero-order valence-electron chi connectivity index (χ0n) is 14.2. The predicted molar refractivity (Wildman–Crippen MR) is 90.1 cm³/mol. The molecule has 0 N–H and O–H groups in total. The molecule has 0 saturated carbocycles. The summed E-state index contributed by atoms with van der Waals surface area (Å²) in [6.45, 7) is 13.8. The van der Waals surface area contributed by atoms with Crippen LogP contribution in [-0.4, -0.2) is 21.2 Å². The van der Waals surface area contributed by atoms with Crippen molar-refractivity contribution in [1.29, 1.82) is 0 Å². The highest BCUT2D eigenvalue weighted by atomic mass is 28.4. The van der Waals surface area contributed by atoms with Gasteiger partial charge in [-0.05, 0) is 42.8 Å². The number of benzene rings is 1. The van der Waals surface area contributed by atoms with E-state index in [1.807, 2.05) is 6.07 Å². The molecule has 0 aromatic heterocycles. The highest BCUT2D eigenvalue weighted by Gasteiger charge is 2.39. The molecule has 3 nitrogen and oxygen atoms in total. The number of ether oxygens (including phenoxy) is 1. The molecule has 0 aliphatic carbocycles. The minimum atomic E-state index is -1.96. The Kier molecular flexibility index (Phi) is 6.02. The quantitative estimate of drug-likeness (QED) is 0.401. The topological polar surface area (TPSA) is 35.5 Å². The zero-order chi connectivity index (χ0) is 16.1. The van der Waals surface area contributed by atoms with Crippen LogP contribution in [0.25, 0.3) is 0 Å². The van der Waals surface area contributed by atoms with Gasteiger partial charge in [-0.3, -0.25) is 4.79 Å². The normalized spacial score (nSPS) is 12.1. The van der Waals surface area contributed by atoms with E-state index >= 15 is 0 Å². The molecule has 4 heteroatoms. The third-order valence-corrected chi connectivity index (χ3v) is 8.37. The minimum Gasteiger partial charge on any atom is -0.541 e. The molecule has 21 heavy (non-hydrogen) atoms. The van der Waals surface area contributed by atoms with Crippen LogP contribution in [0.4, 0.5) is 0 Å². The SMILES string of the molecule is CCCCOc1ccc(C=O)cc1O[Si](C)(C)C(C)(C)C. The fraction of sp³-hybridized carbons (Fsp3) is 0.588. The maximum absolute atomic E-state index is 11.0. The van der Waals surface area contributed by atoms with Crippen molar-refractivity contribution >= 4 is 14.6 Å². The smallest absolute Gasteiger partial charge is 0.250 e. The van der Waals surface area contributed by atoms with Crippen LogP contribution in [0.15, 0.2) is 18.2 Å².